The molecule has 1 aliphatic rings. The third-order valence-corrected chi connectivity index (χ3v) is 4.79. The molecule has 3 heteroatoms. The average molecular weight is 278 g/mol. The van der Waals surface area contributed by atoms with E-state index in [4.69, 9.17) is 5.73 Å². The van der Waals surface area contributed by atoms with Gasteiger partial charge in [0.05, 0.1) is 0 Å². The normalized spacial score (nSPS) is 19.4. The molecule has 0 bridgehead atoms. The van der Waals surface area contributed by atoms with Crippen LogP contribution in [0.15, 0.2) is 29.2 Å². The zero-order chi connectivity index (χ0) is 13.9. The number of hydrogen-bond donors (Lipinski definition) is 2. The second-order valence-electron chi connectivity index (χ2n) is 6.37. The van der Waals surface area contributed by atoms with Gasteiger partial charge in [-0.2, -0.15) is 0 Å². The largest absolute Gasteiger partial charge is 0.324 e. The smallest absolute Gasteiger partial charge is 0.0335 e. The standard InChI is InChI=1S/C16H26N2S/c1-16(2,3)19-14-7-5-4-6-13(14)15(17)12-8-10-18-11-9-12/h4-7,12,15,18H,8-11,17H2,1-3H3/t15-/m1/s1. The Morgan fingerprint density at radius 1 is 1.21 bits per heavy atom. The maximum Gasteiger partial charge on any atom is 0.0335 e. The number of nitrogens with two attached hydrogens (primary N) is 1. The van der Waals surface area contributed by atoms with Crippen LogP contribution in [0, 0.1) is 5.92 Å². The molecule has 1 aromatic rings. The Bertz CT molecular complexity index is 405. The van der Waals surface area contributed by atoms with Gasteiger partial charge < -0.3 is 11.1 Å². The van der Waals surface area contributed by atoms with Gasteiger partial charge in [0, 0.05) is 15.7 Å². The van der Waals surface area contributed by atoms with Crippen molar-refractivity contribution < 1.29 is 0 Å². The van der Waals surface area contributed by atoms with Gasteiger partial charge in [0.2, 0.25) is 0 Å². The number of thioether (sulfide) groups is 1. The van der Waals surface area contributed by atoms with E-state index < -0.39 is 0 Å². The molecule has 1 fully saturated rings. The Morgan fingerprint density at radius 2 is 1.84 bits per heavy atom. The number of hydrogen-bond acceptors (Lipinski definition) is 3. The monoisotopic (exact) mass is 278 g/mol. The summed E-state index contributed by atoms with van der Waals surface area (Å²) in [6, 6.07) is 8.83. The predicted octanol–water partition coefficient (Wildman–Crippen LogP) is 3.58. The van der Waals surface area contributed by atoms with Crippen molar-refractivity contribution in [1.29, 1.82) is 0 Å². The van der Waals surface area contributed by atoms with Gasteiger partial charge >= 0.3 is 0 Å². The Labute approximate surface area is 121 Å². The molecule has 1 atom stereocenters. The van der Waals surface area contributed by atoms with E-state index in [0.717, 1.165) is 13.1 Å². The minimum Gasteiger partial charge on any atom is -0.324 e. The molecule has 0 aliphatic carbocycles. The molecule has 1 aromatic carbocycles. The van der Waals surface area contributed by atoms with Crippen LogP contribution in [0.4, 0.5) is 0 Å². The van der Waals surface area contributed by atoms with Gasteiger partial charge in [0.25, 0.3) is 0 Å². The Kier molecular flexibility index (Phi) is 4.93. The molecular formula is C16H26N2S. The van der Waals surface area contributed by atoms with Gasteiger partial charge in [0.15, 0.2) is 0 Å². The molecule has 0 saturated carbocycles. The summed E-state index contributed by atoms with van der Waals surface area (Å²) in [5, 5.41) is 3.41. The van der Waals surface area contributed by atoms with E-state index in [1.807, 2.05) is 11.8 Å². The van der Waals surface area contributed by atoms with Crippen molar-refractivity contribution in [3.63, 3.8) is 0 Å². The molecule has 1 heterocycles. The summed E-state index contributed by atoms with van der Waals surface area (Å²) in [5.41, 5.74) is 7.88. The molecule has 106 valence electrons. The first-order valence-electron chi connectivity index (χ1n) is 7.21. The van der Waals surface area contributed by atoms with E-state index >= 15 is 0 Å². The third kappa shape index (κ3) is 4.23. The van der Waals surface area contributed by atoms with E-state index in [9.17, 15) is 0 Å². The highest BCUT2D eigenvalue weighted by Gasteiger charge is 2.24. The molecule has 2 nitrogen and oxygen atoms in total. The van der Waals surface area contributed by atoms with Crippen LogP contribution in [0.2, 0.25) is 0 Å². The van der Waals surface area contributed by atoms with Crippen molar-refractivity contribution >= 4 is 11.8 Å². The van der Waals surface area contributed by atoms with Gasteiger partial charge in [-0.3, -0.25) is 0 Å². The molecule has 0 unspecified atom stereocenters. The molecule has 0 spiro atoms. The van der Waals surface area contributed by atoms with Gasteiger partial charge in [-0.05, 0) is 43.5 Å². The summed E-state index contributed by atoms with van der Waals surface area (Å²) < 4.78 is 0.226. The minimum absolute atomic E-state index is 0.174. The average Bonchev–Trinajstić information content (AvgIpc) is 2.38. The molecule has 3 N–H and O–H groups in total. The summed E-state index contributed by atoms with van der Waals surface area (Å²) in [4.78, 5) is 1.35. The maximum atomic E-state index is 6.55. The van der Waals surface area contributed by atoms with Crippen molar-refractivity contribution in [2.75, 3.05) is 13.1 Å². The van der Waals surface area contributed by atoms with Crippen LogP contribution in [0.5, 0.6) is 0 Å². The van der Waals surface area contributed by atoms with Crippen LogP contribution in [-0.4, -0.2) is 17.8 Å². The molecule has 0 radical (unpaired) electrons. The van der Waals surface area contributed by atoms with Crippen molar-refractivity contribution in [3.05, 3.63) is 29.8 Å². The molecule has 2 rings (SSSR count). The summed E-state index contributed by atoms with van der Waals surface area (Å²) in [6.07, 6.45) is 2.38. The lowest BCUT2D eigenvalue weighted by Crippen LogP contribution is -2.34. The van der Waals surface area contributed by atoms with Crippen LogP contribution < -0.4 is 11.1 Å². The summed E-state index contributed by atoms with van der Waals surface area (Å²) >= 11 is 1.92. The van der Waals surface area contributed by atoms with E-state index in [1.165, 1.54) is 23.3 Å². The highest BCUT2D eigenvalue weighted by atomic mass is 32.2. The molecule has 1 saturated heterocycles. The lowest BCUT2D eigenvalue weighted by Gasteiger charge is -2.30. The van der Waals surface area contributed by atoms with Crippen LogP contribution >= 0.6 is 11.8 Å². The Morgan fingerprint density at radius 3 is 2.47 bits per heavy atom. The fourth-order valence-corrected chi connectivity index (χ4v) is 3.76. The van der Waals surface area contributed by atoms with Crippen molar-refractivity contribution in [3.8, 4) is 0 Å². The number of nitrogens with one attached hydrogen (secondary N) is 1. The van der Waals surface area contributed by atoms with Crippen molar-refractivity contribution in [1.82, 2.24) is 5.32 Å². The van der Waals surface area contributed by atoms with Crippen molar-refractivity contribution in [2.24, 2.45) is 11.7 Å². The van der Waals surface area contributed by atoms with Gasteiger partial charge in [0.1, 0.15) is 0 Å². The highest BCUT2D eigenvalue weighted by Crippen LogP contribution is 2.38. The lowest BCUT2D eigenvalue weighted by molar-refractivity contribution is 0.320. The van der Waals surface area contributed by atoms with E-state index in [-0.39, 0.29) is 10.8 Å². The first-order valence-corrected chi connectivity index (χ1v) is 8.03. The predicted molar refractivity (Wildman–Crippen MR) is 84.6 cm³/mol. The zero-order valence-electron chi connectivity index (χ0n) is 12.3. The van der Waals surface area contributed by atoms with Gasteiger partial charge in [-0.15, -0.1) is 11.8 Å². The molecule has 0 aromatic heterocycles. The third-order valence-electron chi connectivity index (χ3n) is 3.59. The molecule has 0 amide bonds. The molecule has 19 heavy (non-hydrogen) atoms. The molecule has 1 aliphatic heterocycles. The zero-order valence-corrected chi connectivity index (χ0v) is 13.1. The minimum atomic E-state index is 0.174. The fourth-order valence-electron chi connectivity index (χ4n) is 2.64. The van der Waals surface area contributed by atoms with E-state index in [0.29, 0.717) is 5.92 Å². The van der Waals surface area contributed by atoms with Gasteiger partial charge in [-0.1, -0.05) is 39.0 Å². The maximum absolute atomic E-state index is 6.55. The number of piperidine rings is 1. The van der Waals surface area contributed by atoms with Crippen LogP contribution in [-0.2, 0) is 0 Å². The Balaban J connectivity index is 2.18. The van der Waals surface area contributed by atoms with E-state index in [2.05, 4.69) is 50.4 Å². The summed E-state index contributed by atoms with van der Waals surface area (Å²) in [7, 11) is 0. The van der Waals surface area contributed by atoms with Crippen LogP contribution in [0.25, 0.3) is 0 Å². The summed E-state index contributed by atoms with van der Waals surface area (Å²) in [6.45, 7) is 8.97. The lowest BCUT2D eigenvalue weighted by atomic mass is 9.86. The van der Waals surface area contributed by atoms with Crippen LogP contribution in [0.3, 0.4) is 0 Å². The first kappa shape index (κ1) is 14.9. The quantitative estimate of drug-likeness (QED) is 0.830. The SMILES string of the molecule is CC(C)(C)Sc1ccccc1[C@H](N)C1CCNCC1. The second-order valence-corrected chi connectivity index (χ2v) is 8.23. The fraction of sp³-hybridized carbons (Fsp3) is 0.625. The first-order chi connectivity index (χ1) is 8.97. The number of benzene rings is 1. The van der Waals surface area contributed by atoms with E-state index in [1.54, 1.807) is 0 Å². The molecular weight excluding hydrogens is 252 g/mol. The highest BCUT2D eigenvalue weighted by molar-refractivity contribution is 8.00. The second kappa shape index (κ2) is 6.29. The topological polar surface area (TPSA) is 38.0 Å². The Hall–Kier alpha value is -0.510. The van der Waals surface area contributed by atoms with Crippen LogP contribution in [0.1, 0.15) is 45.2 Å². The summed E-state index contributed by atoms with van der Waals surface area (Å²) in [5.74, 6) is 0.614. The number of rotatable bonds is 3. The van der Waals surface area contributed by atoms with Gasteiger partial charge in [-0.25, -0.2) is 0 Å². The van der Waals surface area contributed by atoms with Crippen molar-refractivity contribution in [2.45, 2.75) is 49.3 Å².